The number of nitrogens with two attached hydrogens (primary N) is 1. The maximum absolute atomic E-state index is 11.7. The summed E-state index contributed by atoms with van der Waals surface area (Å²) in [4.78, 5) is 13.5. The lowest BCUT2D eigenvalue weighted by atomic mass is 10.1. The van der Waals surface area contributed by atoms with Crippen molar-refractivity contribution in [1.82, 2.24) is 10.2 Å². The Kier molecular flexibility index (Phi) is 4.39. The highest BCUT2D eigenvalue weighted by Gasteiger charge is 2.21. The smallest absolute Gasteiger partial charge is 0.317 e. The van der Waals surface area contributed by atoms with Crippen molar-refractivity contribution in [3.8, 4) is 0 Å². The fraction of sp³-hybridized carbons (Fsp3) is 0.800. The van der Waals surface area contributed by atoms with Crippen LogP contribution in [0.1, 0.15) is 32.6 Å². The number of nitrogens with one attached hydrogen (secondary N) is 2. The van der Waals surface area contributed by atoms with Crippen LogP contribution in [0.4, 0.5) is 4.79 Å². The number of hydrogen-bond acceptors (Lipinski definition) is 2. The molecule has 1 rings (SSSR count). The number of hydrogen-bond donors (Lipinski definition) is 3. The van der Waals surface area contributed by atoms with E-state index in [0.29, 0.717) is 0 Å². The SMILES string of the molecule is CCCC(NC(=O)N1CCCC1)C(=N)N. The van der Waals surface area contributed by atoms with E-state index in [1.54, 1.807) is 4.90 Å². The molecule has 0 spiro atoms. The fourth-order valence-corrected chi connectivity index (χ4v) is 1.75. The van der Waals surface area contributed by atoms with Crippen LogP contribution >= 0.6 is 0 Å². The average Bonchev–Trinajstić information content (AvgIpc) is 2.69. The van der Waals surface area contributed by atoms with Gasteiger partial charge in [-0.3, -0.25) is 5.41 Å². The first-order valence-electron chi connectivity index (χ1n) is 5.54. The van der Waals surface area contributed by atoms with Crippen LogP contribution in [0.2, 0.25) is 0 Å². The summed E-state index contributed by atoms with van der Waals surface area (Å²) in [6, 6.07) is -0.385. The van der Waals surface area contributed by atoms with Crippen LogP contribution in [0.5, 0.6) is 0 Å². The number of nitrogens with zero attached hydrogens (tertiary/aromatic N) is 1. The predicted octanol–water partition coefficient (Wildman–Crippen LogP) is 0.896. The molecule has 0 radical (unpaired) electrons. The van der Waals surface area contributed by atoms with E-state index in [0.717, 1.165) is 38.8 Å². The monoisotopic (exact) mass is 212 g/mol. The third-order valence-electron chi connectivity index (χ3n) is 2.64. The molecular formula is C10H20N4O. The zero-order valence-electron chi connectivity index (χ0n) is 9.25. The molecule has 1 unspecified atom stereocenters. The van der Waals surface area contributed by atoms with Gasteiger partial charge in [-0.05, 0) is 19.3 Å². The Hall–Kier alpha value is -1.26. The Morgan fingerprint density at radius 3 is 2.60 bits per heavy atom. The van der Waals surface area contributed by atoms with E-state index in [1.807, 2.05) is 6.92 Å². The van der Waals surface area contributed by atoms with Crippen molar-refractivity contribution in [3.05, 3.63) is 0 Å². The van der Waals surface area contributed by atoms with Gasteiger partial charge in [-0.15, -0.1) is 0 Å². The number of likely N-dealkylation sites (tertiary alicyclic amines) is 1. The molecular weight excluding hydrogens is 192 g/mol. The van der Waals surface area contributed by atoms with Gasteiger partial charge in [0, 0.05) is 13.1 Å². The van der Waals surface area contributed by atoms with Crippen LogP contribution < -0.4 is 11.1 Å². The minimum atomic E-state index is -0.303. The number of amidine groups is 1. The lowest BCUT2D eigenvalue weighted by Gasteiger charge is -2.21. The van der Waals surface area contributed by atoms with Gasteiger partial charge in [0.15, 0.2) is 0 Å². The lowest BCUT2D eigenvalue weighted by molar-refractivity contribution is 0.206. The molecule has 0 aromatic heterocycles. The second-order valence-corrected chi connectivity index (χ2v) is 3.94. The van der Waals surface area contributed by atoms with E-state index in [2.05, 4.69) is 5.32 Å². The second-order valence-electron chi connectivity index (χ2n) is 3.94. The zero-order valence-corrected chi connectivity index (χ0v) is 9.25. The van der Waals surface area contributed by atoms with Crippen molar-refractivity contribution >= 4 is 11.9 Å². The van der Waals surface area contributed by atoms with Crippen molar-refractivity contribution < 1.29 is 4.79 Å². The van der Waals surface area contributed by atoms with Gasteiger partial charge in [-0.2, -0.15) is 0 Å². The highest BCUT2D eigenvalue weighted by molar-refractivity contribution is 5.87. The third-order valence-corrected chi connectivity index (χ3v) is 2.64. The Bertz CT molecular complexity index is 236. The van der Waals surface area contributed by atoms with E-state index >= 15 is 0 Å². The third kappa shape index (κ3) is 3.42. The molecule has 1 atom stereocenters. The van der Waals surface area contributed by atoms with Gasteiger partial charge in [-0.25, -0.2) is 4.79 Å². The van der Waals surface area contributed by atoms with E-state index in [9.17, 15) is 4.79 Å². The second kappa shape index (κ2) is 5.58. The van der Waals surface area contributed by atoms with Gasteiger partial charge in [-0.1, -0.05) is 13.3 Å². The van der Waals surface area contributed by atoms with Crippen LogP contribution in [0.3, 0.4) is 0 Å². The summed E-state index contributed by atoms with van der Waals surface area (Å²) in [5.41, 5.74) is 5.42. The molecule has 1 aliphatic heterocycles. The molecule has 15 heavy (non-hydrogen) atoms. The molecule has 0 aromatic rings. The molecule has 86 valence electrons. The first-order chi connectivity index (χ1) is 7.15. The molecule has 4 N–H and O–H groups in total. The van der Waals surface area contributed by atoms with Crippen molar-refractivity contribution in [3.63, 3.8) is 0 Å². The standard InChI is InChI=1S/C10H20N4O/c1-2-5-8(9(11)12)13-10(15)14-6-3-4-7-14/h8H,2-7H2,1H3,(H3,11,12)(H,13,15). The summed E-state index contributed by atoms with van der Waals surface area (Å²) in [6.45, 7) is 3.66. The number of rotatable bonds is 4. The molecule has 1 aliphatic rings. The number of amides is 2. The fourth-order valence-electron chi connectivity index (χ4n) is 1.75. The molecule has 2 amide bonds. The molecule has 0 aromatic carbocycles. The minimum Gasteiger partial charge on any atom is -0.386 e. The van der Waals surface area contributed by atoms with Gasteiger partial charge in [0.2, 0.25) is 0 Å². The first-order valence-corrected chi connectivity index (χ1v) is 5.54. The molecule has 0 aliphatic carbocycles. The van der Waals surface area contributed by atoms with Crippen LogP contribution in [-0.2, 0) is 0 Å². The zero-order chi connectivity index (χ0) is 11.3. The first kappa shape index (κ1) is 11.8. The lowest BCUT2D eigenvalue weighted by Crippen LogP contribution is -2.48. The van der Waals surface area contributed by atoms with Gasteiger partial charge in [0.05, 0.1) is 6.04 Å². The summed E-state index contributed by atoms with van der Waals surface area (Å²) in [6.07, 6.45) is 3.79. The maximum atomic E-state index is 11.7. The summed E-state index contributed by atoms with van der Waals surface area (Å²) >= 11 is 0. The van der Waals surface area contributed by atoms with Crippen LogP contribution in [-0.4, -0.2) is 35.9 Å². The van der Waals surface area contributed by atoms with E-state index in [-0.39, 0.29) is 17.9 Å². The molecule has 1 fully saturated rings. The van der Waals surface area contributed by atoms with Crippen LogP contribution in [0.15, 0.2) is 0 Å². The van der Waals surface area contributed by atoms with Crippen molar-refractivity contribution in [2.75, 3.05) is 13.1 Å². The van der Waals surface area contributed by atoms with Gasteiger partial charge >= 0.3 is 6.03 Å². The summed E-state index contributed by atoms with van der Waals surface area (Å²) < 4.78 is 0. The van der Waals surface area contributed by atoms with Crippen molar-refractivity contribution in [1.29, 1.82) is 5.41 Å². The van der Waals surface area contributed by atoms with E-state index in [4.69, 9.17) is 11.1 Å². The Morgan fingerprint density at radius 1 is 1.53 bits per heavy atom. The van der Waals surface area contributed by atoms with Crippen molar-refractivity contribution in [2.24, 2.45) is 5.73 Å². The molecule has 1 heterocycles. The van der Waals surface area contributed by atoms with E-state index < -0.39 is 0 Å². The van der Waals surface area contributed by atoms with Crippen LogP contribution in [0, 0.1) is 5.41 Å². The Labute approximate surface area is 90.5 Å². The number of carbonyl (C=O) groups is 1. The molecule has 5 nitrogen and oxygen atoms in total. The van der Waals surface area contributed by atoms with Crippen LogP contribution in [0.25, 0.3) is 0 Å². The summed E-state index contributed by atoms with van der Waals surface area (Å²) in [5.74, 6) is 0.0457. The molecule has 0 bridgehead atoms. The quantitative estimate of drug-likeness (QED) is 0.478. The molecule has 0 saturated carbocycles. The summed E-state index contributed by atoms with van der Waals surface area (Å²) in [7, 11) is 0. The van der Waals surface area contributed by atoms with Gasteiger partial charge in [0.25, 0.3) is 0 Å². The Balaban J connectivity index is 2.42. The van der Waals surface area contributed by atoms with E-state index in [1.165, 1.54) is 0 Å². The average molecular weight is 212 g/mol. The highest BCUT2D eigenvalue weighted by Crippen LogP contribution is 2.08. The molecule has 1 saturated heterocycles. The largest absolute Gasteiger partial charge is 0.386 e. The van der Waals surface area contributed by atoms with Crippen molar-refractivity contribution in [2.45, 2.75) is 38.6 Å². The topological polar surface area (TPSA) is 82.2 Å². The maximum Gasteiger partial charge on any atom is 0.317 e. The minimum absolute atomic E-state index is 0.0457. The van der Waals surface area contributed by atoms with Gasteiger partial charge < -0.3 is 16.0 Å². The Morgan fingerprint density at radius 2 is 2.13 bits per heavy atom. The molecule has 5 heteroatoms. The predicted molar refractivity (Wildman–Crippen MR) is 59.9 cm³/mol. The van der Waals surface area contributed by atoms with Gasteiger partial charge in [0.1, 0.15) is 5.84 Å². The normalized spacial score (nSPS) is 17.5. The summed E-state index contributed by atoms with van der Waals surface area (Å²) in [5, 5.41) is 10.2. The number of urea groups is 1. The highest BCUT2D eigenvalue weighted by atomic mass is 16.2. The number of carbonyl (C=O) groups excluding carboxylic acids is 1.